The second-order valence-electron chi connectivity index (χ2n) is 10.1. The highest BCUT2D eigenvalue weighted by Crippen LogP contribution is 2.18. The molecule has 1 saturated heterocycles. The number of carboxylic acid groups (broad SMARTS) is 1. The summed E-state index contributed by atoms with van der Waals surface area (Å²) in [4.78, 5) is 23.1. The highest BCUT2D eigenvalue weighted by Gasteiger charge is 2.35. The largest absolute Gasteiger partial charge is 0.481 e. The lowest BCUT2D eigenvalue weighted by molar-refractivity contribution is -0.905. The predicted octanol–water partition coefficient (Wildman–Crippen LogP) is 4.90. The minimum atomic E-state index is -0.836. The van der Waals surface area contributed by atoms with E-state index in [4.69, 9.17) is 9.84 Å². The van der Waals surface area contributed by atoms with Crippen molar-refractivity contribution in [1.29, 1.82) is 0 Å². The van der Waals surface area contributed by atoms with Gasteiger partial charge in [0.05, 0.1) is 20.5 Å². The van der Waals surface area contributed by atoms with Crippen molar-refractivity contribution in [3.63, 3.8) is 0 Å². The van der Waals surface area contributed by atoms with Crippen molar-refractivity contribution in [3.05, 3.63) is 0 Å². The smallest absolute Gasteiger partial charge is 0.306 e. The van der Waals surface area contributed by atoms with E-state index < -0.39 is 5.97 Å². The number of nitrogens with one attached hydrogen (secondary N) is 1. The summed E-state index contributed by atoms with van der Waals surface area (Å²) in [5.74, 6) is -0.755. The van der Waals surface area contributed by atoms with Gasteiger partial charge >= 0.3 is 5.97 Å². The molecule has 2 N–H and O–H groups in total. The standard InChI is InChI=1S/C25H48N2O4/c1-4-5-6-7-8-9-10-11-12-13-14-15-16-17-24(28)26-19-23-21-27(2,3)20-22(31-23)18-25(29)30/h22-23H,4-21H2,1-3H3,(H-,26,28,29,30)/p+1/t22-,23-/m1/s1. The molecule has 0 radical (unpaired) electrons. The first-order chi connectivity index (χ1) is 14.8. The molecule has 1 amide bonds. The molecule has 0 bridgehead atoms. The van der Waals surface area contributed by atoms with Gasteiger partial charge in [0, 0.05) is 13.0 Å². The molecular formula is C25H49N2O4+. The van der Waals surface area contributed by atoms with Crippen LogP contribution in [0.2, 0.25) is 0 Å². The van der Waals surface area contributed by atoms with Gasteiger partial charge in [-0.1, -0.05) is 84.0 Å². The van der Waals surface area contributed by atoms with E-state index in [9.17, 15) is 9.59 Å². The molecule has 6 heteroatoms. The number of carbonyl (C=O) groups is 2. The van der Waals surface area contributed by atoms with Gasteiger partial charge in [-0.05, 0) is 6.42 Å². The Bertz CT molecular complexity index is 496. The molecule has 1 aliphatic rings. The number of nitrogens with zero attached hydrogens (tertiary/aromatic N) is 1. The zero-order chi connectivity index (χ0) is 23.0. The zero-order valence-electron chi connectivity index (χ0n) is 20.5. The molecule has 0 aromatic rings. The fourth-order valence-electron chi connectivity index (χ4n) is 4.57. The molecule has 182 valence electrons. The molecule has 1 aliphatic heterocycles. The number of unbranched alkanes of at least 4 members (excludes halogenated alkanes) is 12. The SMILES string of the molecule is CCCCCCCCCCCCCCCC(=O)NC[C@@H]1C[N+](C)(C)C[C@@H](CC(=O)O)O1. The van der Waals surface area contributed by atoms with E-state index >= 15 is 0 Å². The Kier molecular flexibility index (Phi) is 14.8. The summed E-state index contributed by atoms with van der Waals surface area (Å²) in [5.41, 5.74) is 0. The number of rotatable bonds is 18. The number of likely N-dealkylation sites (N-methyl/N-ethyl adjacent to an activating group) is 1. The molecule has 0 spiro atoms. The molecule has 0 saturated carbocycles. The fraction of sp³-hybridized carbons (Fsp3) is 0.920. The van der Waals surface area contributed by atoms with E-state index in [0.717, 1.165) is 23.9 Å². The van der Waals surface area contributed by atoms with Crippen LogP contribution in [0.5, 0.6) is 0 Å². The van der Waals surface area contributed by atoms with E-state index in [1.165, 1.54) is 70.6 Å². The van der Waals surface area contributed by atoms with E-state index in [1.54, 1.807) is 0 Å². The van der Waals surface area contributed by atoms with Gasteiger partial charge < -0.3 is 19.6 Å². The second kappa shape index (κ2) is 16.5. The van der Waals surface area contributed by atoms with Crippen LogP contribution >= 0.6 is 0 Å². The minimum Gasteiger partial charge on any atom is -0.481 e. The number of carboxylic acids is 1. The molecule has 31 heavy (non-hydrogen) atoms. The third-order valence-corrected chi connectivity index (χ3v) is 6.22. The monoisotopic (exact) mass is 441 g/mol. The van der Waals surface area contributed by atoms with Crippen molar-refractivity contribution < 1.29 is 23.9 Å². The van der Waals surface area contributed by atoms with Crippen LogP contribution in [0, 0.1) is 0 Å². The number of aliphatic carboxylic acids is 1. The average Bonchev–Trinajstić information content (AvgIpc) is 2.68. The Labute approximate surface area is 190 Å². The first-order valence-corrected chi connectivity index (χ1v) is 12.8. The molecule has 0 aliphatic carbocycles. The molecular weight excluding hydrogens is 392 g/mol. The van der Waals surface area contributed by atoms with Crippen LogP contribution in [-0.4, -0.2) is 67.4 Å². The Hall–Kier alpha value is -1.14. The first-order valence-electron chi connectivity index (χ1n) is 12.8. The summed E-state index contributed by atoms with van der Waals surface area (Å²) >= 11 is 0. The minimum absolute atomic E-state index is 0.0189. The van der Waals surface area contributed by atoms with Crippen LogP contribution in [0.25, 0.3) is 0 Å². The molecule has 1 rings (SSSR count). The lowest BCUT2D eigenvalue weighted by Gasteiger charge is -2.41. The van der Waals surface area contributed by atoms with Gasteiger partial charge in [0.25, 0.3) is 0 Å². The van der Waals surface area contributed by atoms with Crippen LogP contribution in [0.1, 0.15) is 103 Å². The van der Waals surface area contributed by atoms with Gasteiger partial charge in [0.15, 0.2) is 0 Å². The van der Waals surface area contributed by atoms with E-state index in [-0.39, 0.29) is 24.5 Å². The van der Waals surface area contributed by atoms with Crippen LogP contribution < -0.4 is 5.32 Å². The van der Waals surface area contributed by atoms with Gasteiger partial charge in [-0.2, -0.15) is 0 Å². The van der Waals surface area contributed by atoms with E-state index in [1.807, 2.05) is 0 Å². The Balaban J connectivity index is 1.99. The molecule has 6 nitrogen and oxygen atoms in total. The third-order valence-electron chi connectivity index (χ3n) is 6.22. The Morgan fingerprint density at radius 1 is 0.839 bits per heavy atom. The molecule has 1 fully saturated rings. The van der Waals surface area contributed by atoms with E-state index in [2.05, 4.69) is 26.3 Å². The number of morpholine rings is 1. The number of carbonyl (C=O) groups excluding carboxylic acids is 1. The van der Waals surface area contributed by atoms with Gasteiger partial charge in [-0.3, -0.25) is 9.59 Å². The Morgan fingerprint density at radius 2 is 1.32 bits per heavy atom. The van der Waals surface area contributed by atoms with Crippen molar-refractivity contribution in [2.24, 2.45) is 0 Å². The van der Waals surface area contributed by atoms with Crippen LogP contribution in [0.3, 0.4) is 0 Å². The quantitative estimate of drug-likeness (QED) is 0.234. The third kappa shape index (κ3) is 15.3. The van der Waals surface area contributed by atoms with Crippen LogP contribution in [-0.2, 0) is 14.3 Å². The van der Waals surface area contributed by atoms with Crippen molar-refractivity contribution in [1.82, 2.24) is 5.32 Å². The number of ether oxygens (including phenoxy) is 1. The topological polar surface area (TPSA) is 75.6 Å². The maximum absolute atomic E-state index is 12.1. The molecule has 0 unspecified atom stereocenters. The van der Waals surface area contributed by atoms with Crippen molar-refractivity contribution in [2.75, 3.05) is 33.7 Å². The maximum Gasteiger partial charge on any atom is 0.306 e. The predicted molar refractivity (Wildman–Crippen MR) is 126 cm³/mol. The zero-order valence-corrected chi connectivity index (χ0v) is 20.5. The lowest BCUT2D eigenvalue weighted by atomic mass is 10.0. The van der Waals surface area contributed by atoms with Crippen molar-refractivity contribution in [3.8, 4) is 0 Å². The number of amides is 1. The second-order valence-corrected chi connectivity index (χ2v) is 10.1. The summed E-state index contributed by atoms with van der Waals surface area (Å²) in [7, 11) is 4.17. The summed E-state index contributed by atoms with van der Waals surface area (Å²) < 4.78 is 6.61. The van der Waals surface area contributed by atoms with Crippen LogP contribution in [0.4, 0.5) is 0 Å². The normalized spacial score (nSPS) is 20.5. The summed E-state index contributed by atoms with van der Waals surface area (Å²) in [6, 6.07) is 0. The molecule has 0 aromatic carbocycles. The summed E-state index contributed by atoms with van der Waals surface area (Å²) in [5, 5.41) is 12.0. The van der Waals surface area contributed by atoms with Crippen molar-refractivity contribution in [2.45, 2.75) is 115 Å². The van der Waals surface area contributed by atoms with Gasteiger partial charge in [-0.15, -0.1) is 0 Å². The van der Waals surface area contributed by atoms with Crippen LogP contribution in [0.15, 0.2) is 0 Å². The maximum atomic E-state index is 12.1. The van der Waals surface area contributed by atoms with Gasteiger partial charge in [0.2, 0.25) is 5.91 Å². The fourth-order valence-corrected chi connectivity index (χ4v) is 4.57. The summed E-state index contributed by atoms with van der Waals surface area (Å²) in [6.07, 6.45) is 17.1. The average molecular weight is 442 g/mol. The van der Waals surface area contributed by atoms with Gasteiger partial charge in [-0.25, -0.2) is 0 Å². The molecule has 1 heterocycles. The number of hydrogen-bond donors (Lipinski definition) is 2. The van der Waals surface area contributed by atoms with Crippen molar-refractivity contribution >= 4 is 11.9 Å². The van der Waals surface area contributed by atoms with E-state index in [0.29, 0.717) is 19.5 Å². The first kappa shape index (κ1) is 27.9. The Morgan fingerprint density at radius 3 is 1.84 bits per heavy atom. The summed E-state index contributed by atoms with van der Waals surface area (Å²) in [6.45, 7) is 4.21. The van der Waals surface area contributed by atoms with Gasteiger partial charge in [0.1, 0.15) is 25.3 Å². The number of hydrogen-bond acceptors (Lipinski definition) is 3. The number of quaternary nitrogens is 1. The molecule has 2 atom stereocenters. The molecule has 0 aromatic heterocycles. The highest BCUT2D eigenvalue weighted by molar-refractivity contribution is 5.75. The highest BCUT2D eigenvalue weighted by atomic mass is 16.5. The lowest BCUT2D eigenvalue weighted by Crippen LogP contribution is -2.59.